The molecule has 1 aromatic heterocycles. The van der Waals surface area contributed by atoms with Gasteiger partial charge in [0, 0.05) is 6.04 Å². The van der Waals surface area contributed by atoms with E-state index in [0.29, 0.717) is 11.7 Å². The third-order valence-electron chi connectivity index (χ3n) is 2.72. The highest BCUT2D eigenvalue weighted by atomic mass is 16.1. The van der Waals surface area contributed by atoms with Gasteiger partial charge in [0.05, 0.1) is 12.5 Å². The molecular formula is C12H20N2O. The molecule has 1 atom stereocenters. The molecule has 0 fully saturated rings. The Kier molecular flexibility index (Phi) is 5.08. The summed E-state index contributed by atoms with van der Waals surface area (Å²) in [5, 5.41) is 0. The lowest BCUT2D eigenvalue weighted by Gasteiger charge is -2.18. The fraction of sp³-hybridized carbons (Fsp3) is 0.667. The van der Waals surface area contributed by atoms with Gasteiger partial charge in [0.2, 0.25) is 0 Å². The van der Waals surface area contributed by atoms with Crippen molar-refractivity contribution in [3.63, 3.8) is 0 Å². The van der Waals surface area contributed by atoms with E-state index < -0.39 is 0 Å². The first-order chi connectivity index (χ1) is 7.33. The van der Waals surface area contributed by atoms with Crippen molar-refractivity contribution in [2.45, 2.75) is 52.0 Å². The summed E-state index contributed by atoms with van der Waals surface area (Å²) in [6.45, 7) is 4.37. The van der Waals surface area contributed by atoms with E-state index in [2.05, 4.69) is 18.8 Å². The van der Waals surface area contributed by atoms with Crippen LogP contribution in [-0.4, -0.2) is 15.8 Å². The van der Waals surface area contributed by atoms with Crippen LogP contribution in [0.15, 0.2) is 12.5 Å². The predicted octanol–water partition coefficient (Wildman–Crippen LogP) is 3.23. The van der Waals surface area contributed by atoms with Gasteiger partial charge in [0.15, 0.2) is 6.29 Å². The second-order valence-corrected chi connectivity index (χ2v) is 3.93. The highest BCUT2D eigenvalue weighted by Crippen LogP contribution is 2.21. The standard InChI is InChI=1S/C12H20N2O/c1-3-5-7-11(6-4-2)14-10-13-8-12(14)9-15/h8-11H,3-7H2,1-2H3. The van der Waals surface area contributed by atoms with E-state index in [1.54, 1.807) is 12.5 Å². The first-order valence-electron chi connectivity index (χ1n) is 5.80. The number of carbonyl (C=O) groups is 1. The summed E-state index contributed by atoms with van der Waals surface area (Å²) in [5.74, 6) is 0. The van der Waals surface area contributed by atoms with Gasteiger partial charge in [0.25, 0.3) is 0 Å². The smallest absolute Gasteiger partial charge is 0.168 e. The maximum Gasteiger partial charge on any atom is 0.168 e. The average Bonchev–Trinajstić information content (AvgIpc) is 2.72. The molecule has 3 heteroatoms. The zero-order chi connectivity index (χ0) is 11.1. The van der Waals surface area contributed by atoms with Gasteiger partial charge < -0.3 is 4.57 Å². The third-order valence-corrected chi connectivity index (χ3v) is 2.72. The Morgan fingerprint density at radius 2 is 2.20 bits per heavy atom. The summed E-state index contributed by atoms with van der Waals surface area (Å²) in [4.78, 5) is 14.8. The van der Waals surface area contributed by atoms with Gasteiger partial charge in [-0.05, 0) is 12.8 Å². The molecule has 1 aromatic rings. The average molecular weight is 208 g/mol. The highest BCUT2D eigenvalue weighted by Gasteiger charge is 2.12. The van der Waals surface area contributed by atoms with E-state index in [0.717, 1.165) is 25.5 Å². The largest absolute Gasteiger partial charge is 0.325 e. The molecule has 1 rings (SSSR count). The molecule has 3 nitrogen and oxygen atoms in total. The van der Waals surface area contributed by atoms with E-state index in [1.807, 2.05) is 4.57 Å². The minimum absolute atomic E-state index is 0.442. The zero-order valence-corrected chi connectivity index (χ0v) is 9.65. The lowest BCUT2D eigenvalue weighted by molar-refractivity contribution is 0.111. The minimum atomic E-state index is 0.442. The maximum atomic E-state index is 10.8. The number of hydrogen-bond donors (Lipinski definition) is 0. The van der Waals surface area contributed by atoms with E-state index >= 15 is 0 Å². The molecule has 0 aliphatic carbocycles. The van der Waals surface area contributed by atoms with Crippen molar-refractivity contribution >= 4 is 6.29 Å². The summed E-state index contributed by atoms with van der Waals surface area (Å²) >= 11 is 0. The second-order valence-electron chi connectivity index (χ2n) is 3.93. The van der Waals surface area contributed by atoms with E-state index in [4.69, 9.17) is 0 Å². The van der Waals surface area contributed by atoms with Crippen LogP contribution in [0, 0.1) is 0 Å². The Balaban J connectivity index is 2.73. The topological polar surface area (TPSA) is 34.9 Å². The first-order valence-corrected chi connectivity index (χ1v) is 5.80. The summed E-state index contributed by atoms with van der Waals surface area (Å²) in [6.07, 6.45) is 10.1. The predicted molar refractivity (Wildman–Crippen MR) is 61.1 cm³/mol. The molecule has 0 radical (unpaired) electrons. The van der Waals surface area contributed by atoms with Gasteiger partial charge in [-0.25, -0.2) is 4.98 Å². The number of imidazole rings is 1. The third kappa shape index (κ3) is 3.18. The number of nitrogens with zero attached hydrogens (tertiary/aromatic N) is 2. The molecule has 15 heavy (non-hydrogen) atoms. The number of carbonyl (C=O) groups excluding carboxylic acids is 1. The van der Waals surface area contributed by atoms with Gasteiger partial charge in [-0.15, -0.1) is 0 Å². The van der Waals surface area contributed by atoms with Crippen LogP contribution in [0.25, 0.3) is 0 Å². The molecule has 84 valence electrons. The van der Waals surface area contributed by atoms with Gasteiger partial charge >= 0.3 is 0 Å². The van der Waals surface area contributed by atoms with Crippen LogP contribution < -0.4 is 0 Å². The quantitative estimate of drug-likeness (QED) is 0.645. The van der Waals surface area contributed by atoms with Crippen molar-refractivity contribution in [1.82, 2.24) is 9.55 Å². The van der Waals surface area contributed by atoms with Crippen LogP contribution in [0.3, 0.4) is 0 Å². The Labute approximate surface area is 91.5 Å². The van der Waals surface area contributed by atoms with Crippen molar-refractivity contribution in [3.8, 4) is 0 Å². The van der Waals surface area contributed by atoms with Crippen molar-refractivity contribution in [2.75, 3.05) is 0 Å². The summed E-state index contributed by atoms with van der Waals surface area (Å²) in [6, 6.07) is 0.442. The van der Waals surface area contributed by atoms with Crippen molar-refractivity contribution < 1.29 is 4.79 Å². The molecule has 1 unspecified atom stereocenters. The Morgan fingerprint density at radius 1 is 1.40 bits per heavy atom. The van der Waals surface area contributed by atoms with E-state index in [9.17, 15) is 4.79 Å². The second kappa shape index (κ2) is 6.38. The monoisotopic (exact) mass is 208 g/mol. The fourth-order valence-corrected chi connectivity index (χ4v) is 1.91. The lowest BCUT2D eigenvalue weighted by atomic mass is 10.0. The molecule has 0 aromatic carbocycles. The molecule has 0 aliphatic heterocycles. The van der Waals surface area contributed by atoms with Crippen molar-refractivity contribution in [3.05, 3.63) is 18.2 Å². The molecule has 0 spiro atoms. The maximum absolute atomic E-state index is 10.8. The van der Waals surface area contributed by atoms with E-state index in [-0.39, 0.29) is 0 Å². The molecule has 0 saturated carbocycles. The summed E-state index contributed by atoms with van der Waals surface area (Å²) < 4.78 is 2.02. The van der Waals surface area contributed by atoms with Gasteiger partial charge in [-0.3, -0.25) is 4.79 Å². The minimum Gasteiger partial charge on any atom is -0.325 e. The van der Waals surface area contributed by atoms with E-state index in [1.165, 1.54) is 12.8 Å². The number of rotatable bonds is 7. The molecule has 0 bridgehead atoms. The Morgan fingerprint density at radius 3 is 2.80 bits per heavy atom. The van der Waals surface area contributed by atoms with Crippen molar-refractivity contribution in [2.24, 2.45) is 0 Å². The Hall–Kier alpha value is -1.12. The van der Waals surface area contributed by atoms with Crippen LogP contribution in [0.2, 0.25) is 0 Å². The van der Waals surface area contributed by atoms with Crippen molar-refractivity contribution in [1.29, 1.82) is 0 Å². The van der Waals surface area contributed by atoms with Crippen LogP contribution in [-0.2, 0) is 0 Å². The van der Waals surface area contributed by atoms with Crippen LogP contribution in [0.1, 0.15) is 62.5 Å². The molecule has 0 amide bonds. The summed E-state index contributed by atoms with van der Waals surface area (Å²) in [7, 11) is 0. The fourth-order valence-electron chi connectivity index (χ4n) is 1.91. The highest BCUT2D eigenvalue weighted by molar-refractivity contribution is 5.71. The number of hydrogen-bond acceptors (Lipinski definition) is 2. The zero-order valence-electron chi connectivity index (χ0n) is 9.65. The molecular weight excluding hydrogens is 188 g/mol. The number of aromatic nitrogens is 2. The van der Waals surface area contributed by atoms with Gasteiger partial charge in [-0.2, -0.15) is 0 Å². The van der Waals surface area contributed by atoms with Crippen LogP contribution in [0.5, 0.6) is 0 Å². The summed E-state index contributed by atoms with van der Waals surface area (Å²) in [5.41, 5.74) is 0.699. The molecule has 1 heterocycles. The molecule has 0 aliphatic rings. The number of unbranched alkanes of at least 4 members (excludes halogenated alkanes) is 1. The van der Waals surface area contributed by atoms with Gasteiger partial charge in [-0.1, -0.05) is 33.1 Å². The number of aldehydes is 1. The SMILES string of the molecule is CCCCC(CCC)n1cncc1C=O. The normalized spacial score (nSPS) is 12.7. The Bertz CT molecular complexity index is 294. The molecule has 0 saturated heterocycles. The van der Waals surface area contributed by atoms with Crippen LogP contribution >= 0.6 is 0 Å². The van der Waals surface area contributed by atoms with Crippen LogP contribution in [0.4, 0.5) is 0 Å². The molecule has 0 N–H and O–H groups in total. The van der Waals surface area contributed by atoms with Gasteiger partial charge in [0.1, 0.15) is 5.69 Å². The lowest BCUT2D eigenvalue weighted by Crippen LogP contribution is -2.10. The first kappa shape index (κ1) is 12.0.